The fraction of sp³-hybridized carbons (Fsp3) is 0.133. The summed E-state index contributed by atoms with van der Waals surface area (Å²) in [5.74, 6) is -0.369. The molecule has 0 unspecified atom stereocenters. The minimum Gasteiger partial charge on any atom is -0.465 e. The molecule has 7 heteroatoms. The van der Waals surface area contributed by atoms with Gasteiger partial charge in [-0.3, -0.25) is 0 Å². The second kappa shape index (κ2) is 6.08. The molecule has 22 heavy (non-hydrogen) atoms. The Morgan fingerprint density at radius 2 is 2.09 bits per heavy atom. The number of hydrogen-bond donors (Lipinski definition) is 1. The zero-order valence-corrected chi connectivity index (χ0v) is 12.7. The second-order valence-electron chi connectivity index (χ2n) is 4.52. The quantitative estimate of drug-likeness (QED) is 0.747. The molecule has 2 heterocycles. The second-order valence-corrected chi connectivity index (χ2v) is 5.46. The van der Waals surface area contributed by atoms with Crippen molar-refractivity contribution < 1.29 is 9.53 Å². The van der Waals surface area contributed by atoms with Crippen LogP contribution in [0.1, 0.15) is 16.1 Å². The third kappa shape index (κ3) is 2.51. The Balaban J connectivity index is 2.05. The summed E-state index contributed by atoms with van der Waals surface area (Å²) in [5.41, 5.74) is 8.67. The van der Waals surface area contributed by atoms with Gasteiger partial charge in [0.05, 0.1) is 23.2 Å². The predicted molar refractivity (Wildman–Crippen MR) is 83.9 cm³/mol. The number of carbonyl (C=O) groups excluding carboxylic acids is 1. The fourth-order valence-electron chi connectivity index (χ4n) is 2.15. The number of nitrogens with zero attached hydrogens (tertiary/aromatic N) is 3. The van der Waals surface area contributed by atoms with Gasteiger partial charge in [-0.15, -0.1) is 16.4 Å². The predicted octanol–water partition coefficient (Wildman–Crippen LogP) is 2.24. The van der Waals surface area contributed by atoms with Crippen molar-refractivity contribution in [3.63, 3.8) is 0 Å². The van der Waals surface area contributed by atoms with Gasteiger partial charge < -0.3 is 10.5 Å². The van der Waals surface area contributed by atoms with Gasteiger partial charge in [0.25, 0.3) is 0 Å². The van der Waals surface area contributed by atoms with Crippen LogP contribution in [-0.4, -0.2) is 28.1 Å². The van der Waals surface area contributed by atoms with Gasteiger partial charge in [-0.05, 0) is 35.7 Å². The van der Waals surface area contributed by atoms with E-state index in [-0.39, 0.29) is 5.97 Å². The molecule has 3 aromatic rings. The van der Waals surface area contributed by atoms with Gasteiger partial charge >= 0.3 is 5.97 Å². The third-order valence-corrected chi connectivity index (χ3v) is 4.10. The first-order valence-electron chi connectivity index (χ1n) is 6.62. The molecule has 0 atom stereocenters. The van der Waals surface area contributed by atoms with Crippen LogP contribution in [-0.2, 0) is 11.3 Å². The van der Waals surface area contributed by atoms with Gasteiger partial charge in [0.15, 0.2) is 0 Å². The maximum Gasteiger partial charge on any atom is 0.337 e. The molecule has 1 aromatic carbocycles. The zero-order chi connectivity index (χ0) is 15.5. The number of methoxy groups -OCH3 is 1. The first-order chi connectivity index (χ1) is 10.7. The van der Waals surface area contributed by atoms with Crippen molar-refractivity contribution in [2.75, 3.05) is 7.11 Å². The van der Waals surface area contributed by atoms with E-state index in [1.165, 1.54) is 7.11 Å². The summed E-state index contributed by atoms with van der Waals surface area (Å²) in [5, 5.41) is 10.3. The van der Waals surface area contributed by atoms with E-state index in [0.29, 0.717) is 12.1 Å². The van der Waals surface area contributed by atoms with Gasteiger partial charge in [-0.1, -0.05) is 11.3 Å². The first-order valence-corrected chi connectivity index (χ1v) is 7.50. The van der Waals surface area contributed by atoms with Crippen molar-refractivity contribution in [2.24, 2.45) is 5.73 Å². The summed E-state index contributed by atoms with van der Waals surface area (Å²) < 4.78 is 6.43. The molecule has 2 aromatic heterocycles. The van der Waals surface area contributed by atoms with E-state index in [1.807, 2.05) is 17.5 Å². The molecule has 0 aliphatic heterocycles. The summed E-state index contributed by atoms with van der Waals surface area (Å²) in [4.78, 5) is 12.5. The molecule has 0 saturated heterocycles. The molecule has 2 N–H and O–H groups in total. The minimum absolute atomic E-state index is 0.313. The Morgan fingerprint density at radius 1 is 1.32 bits per heavy atom. The average Bonchev–Trinajstić information content (AvgIpc) is 3.22. The number of ether oxygens (including phenoxy) is 1. The number of thiophene rings is 1. The van der Waals surface area contributed by atoms with Crippen LogP contribution in [0, 0.1) is 0 Å². The van der Waals surface area contributed by atoms with Gasteiger partial charge in [-0.25, -0.2) is 9.48 Å². The Kier molecular flexibility index (Phi) is 3.99. The first kappa shape index (κ1) is 14.4. The van der Waals surface area contributed by atoms with Crippen LogP contribution in [0.3, 0.4) is 0 Å². The average molecular weight is 314 g/mol. The molecule has 0 bridgehead atoms. The van der Waals surface area contributed by atoms with Gasteiger partial charge in [-0.2, -0.15) is 0 Å². The summed E-state index contributed by atoms with van der Waals surface area (Å²) in [6, 6.07) is 11.0. The summed E-state index contributed by atoms with van der Waals surface area (Å²) >= 11 is 1.60. The summed E-state index contributed by atoms with van der Waals surface area (Å²) in [7, 11) is 1.36. The molecule has 0 aliphatic rings. The highest BCUT2D eigenvalue weighted by Gasteiger charge is 2.16. The number of rotatable bonds is 4. The fourth-order valence-corrected chi connectivity index (χ4v) is 2.92. The van der Waals surface area contributed by atoms with Crippen LogP contribution in [0.25, 0.3) is 16.3 Å². The van der Waals surface area contributed by atoms with Crippen molar-refractivity contribution in [1.29, 1.82) is 0 Å². The number of aromatic nitrogens is 3. The van der Waals surface area contributed by atoms with E-state index >= 15 is 0 Å². The highest BCUT2D eigenvalue weighted by molar-refractivity contribution is 7.13. The van der Waals surface area contributed by atoms with Crippen molar-refractivity contribution in [1.82, 2.24) is 15.0 Å². The Morgan fingerprint density at radius 3 is 2.68 bits per heavy atom. The molecular weight excluding hydrogens is 300 g/mol. The lowest BCUT2D eigenvalue weighted by Gasteiger charge is -2.07. The van der Waals surface area contributed by atoms with Crippen molar-refractivity contribution in [3.05, 3.63) is 53.0 Å². The number of hydrogen-bond acceptors (Lipinski definition) is 6. The molecule has 0 aliphatic carbocycles. The molecule has 112 valence electrons. The third-order valence-electron chi connectivity index (χ3n) is 3.22. The lowest BCUT2D eigenvalue weighted by atomic mass is 10.2. The van der Waals surface area contributed by atoms with E-state index < -0.39 is 0 Å². The van der Waals surface area contributed by atoms with Gasteiger partial charge in [0.2, 0.25) is 0 Å². The molecule has 0 fully saturated rings. The van der Waals surface area contributed by atoms with E-state index in [4.69, 9.17) is 10.5 Å². The van der Waals surface area contributed by atoms with E-state index in [1.54, 1.807) is 40.3 Å². The normalized spacial score (nSPS) is 10.6. The number of esters is 1. The van der Waals surface area contributed by atoms with Gasteiger partial charge in [0.1, 0.15) is 11.4 Å². The van der Waals surface area contributed by atoms with Crippen LogP contribution in [0.5, 0.6) is 0 Å². The number of nitrogens with two attached hydrogens (primary N) is 1. The van der Waals surface area contributed by atoms with Gasteiger partial charge in [0, 0.05) is 6.54 Å². The Bertz CT molecular complexity index is 778. The van der Waals surface area contributed by atoms with Crippen molar-refractivity contribution in [2.45, 2.75) is 6.54 Å². The highest BCUT2D eigenvalue weighted by Crippen LogP contribution is 2.29. The largest absolute Gasteiger partial charge is 0.465 e. The topological polar surface area (TPSA) is 83.0 Å². The molecule has 0 saturated carbocycles. The van der Waals surface area contributed by atoms with Crippen molar-refractivity contribution in [3.8, 4) is 16.3 Å². The number of carbonyl (C=O) groups is 1. The summed E-state index contributed by atoms with van der Waals surface area (Å²) in [6.45, 7) is 0.313. The van der Waals surface area contributed by atoms with E-state index in [0.717, 1.165) is 22.0 Å². The molecule has 6 nitrogen and oxygen atoms in total. The maximum absolute atomic E-state index is 11.5. The maximum atomic E-state index is 11.5. The minimum atomic E-state index is -0.369. The van der Waals surface area contributed by atoms with Crippen LogP contribution in [0.2, 0.25) is 0 Å². The van der Waals surface area contributed by atoms with Crippen LogP contribution < -0.4 is 5.73 Å². The lowest BCUT2D eigenvalue weighted by Crippen LogP contribution is -2.04. The van der Waals surface area contributed by atoms with Crippen LogP contribution in [0.4, 0.5) is 0 Å². The molecule has 3 rings (SSSR count). The Hall–Kier alpha value is -2.51. The van der Waals surface area contributed by atoms with E-state index in [9.17, 15) is 4.79 Å². The standard InChI is InChI=1S/C15H14N4O2S/c1-21-15(20)10-4-6-11(7-5-10)19-14(12(9-16)17-18-19)13-3-2-8-22-13/h2-8H,9,16H2,1H3. The smallest absolute Gasteiger partial charge is 0.337 e. The molecular formula is C15H14N4O2S. The lowest BCUT2D eigenvalue weighted by molar-refractivity contribution is 0.0601. The Labute approximate surface area is 131 Å². The molecule has 0 spiro atoms. The SMILES string of the molecule is COC(=O)c1ccc(-n2nnc(CN)c2-c2cccs2)cc1. The van der Waals surface area contributed by atoms with Crippen molar-refractivity contribution >= 4 is 17.3 Å². The molecule has 0 amide bonds. The van der Waals surface area contributed by atoms with Crippen LogP contribution in [0.15, 0.2) is 41.8 Å². The zero-order valence-electron chi connectivity index (χ0n) is 11.9. The summed E-state index contributed by atoms with van der Waals surface area (Å²) in [6.07, 6.45) is 0. The monoisotopic (exact) mass is 314 g/mol. The van der Waals surface area contributed by atoms with Crippen LogP contribution >= 0.6 is 11.3 Å². The molecule has 0 radical (unpaired) electrons. The highest BCUT2D eigenvalue weighted by atomic mass is 32.1. The van der Waals surface area contributed by atoms with E-state index in [2.05, 4.69) is 10.3 Å². The number of benzene rings is 1.